The Hall–Kier alpha value is -1.68. The second-order valence-corrected chi connectivity index (χ2v) is 5.02. The molecule has 0 unspecified atom stereocenters. The van der Waals surface area contributed by atoms with E-state index in [1.165, 1.54) is 0 Å². The minimum absolute atomic E-state index is 0.510. The van der Waals surface area contributed by atoms with Gasteiger partial charge in [-0.2, -0.15) is 0 Å². The van der Waals surface area contributed by atoms with Crippen molar-refractivity contribution in [3.05, 3.63) is 52.5 Å². The van der Waals surface area contributed by atoms with Crippen molar-refractivity contribution in [2.24, 2.45) is 0 Å². The number of hydrogen-bond acceptors (Lipinski definition) is 3. The molecule has 20 heavy (non-hydrogen) atoms. The van der Waals surface area contributed by atoms with Crippen molar-refractivity contribution in [3.63, 3.8) is 0 Å². The minimum Gasteiger partial charge on any atom is -0.496 e. The maximum Gasteiger partial charge on any atom is 0.133 e. The number of hydrogen-bond donors (Lipinski definition) is 0. The Balaban J connectivity index is 1.96. The van der Waals surface area contributed by atoms with Crippen LogP contribution < -0.4 is 14.2 Å². The van der Waals surface area contributed by atoms with E-state index in [9.17, 15) is 0 Å². The molecule has 2 aromatic carbocycles. The third-order valence-corrected chi connectivity index (χ3v) is 3.38. The van der Waals surface area contributed by atoms with Gasteiger partial charge in [-0.05, 0) is 64.8 Å². The highest BCUT2D eigenvalue weighted by Crippen LogP contribution is 2.26. The molecule has 4 heteroatoms. The van der Waals surface area contributed by atoms with Crippen LogP contribution in [0.4, 0.5) is 0 Å². The van der Waals surface area contributed by atoms with Gasteiger partial charge in [-0.25, -0.2) is 0 Å². The van der Waals surface area contributed by atoms with E-state index in [0.29, 0.717) is 13.2 Å². The first-order valence-electron chi connectivity index (χ1n) is 6.41. The molecule has 0 atom stereocenters. The lowest BCUT2D eigenvalue weighted by atomic mass is 10.2. The molecule has 0 aliphatic heterocycles. The third kappa shape index (κ3) is 3.90. The molecule has 0 amide bonds. The van der Waals surface area contributed by atoms with Crippen molar-refractivity contribution in [3.8, 4) is 17.2 Å². The van der Waals surface area contributed by atoms with E-state index in [4.69, 9.17) is 14.2 Å². The summed E-state index contributed by atoms with van der Waals surface area (Å²) in [7, 11) is 1.65. The van der Waals surface area contributed by atoms with Crippen molar-refractivity contribution >= 4 is 15.9 Å². The van der Waals surface area contributed by atoms with Gasteiger partial charge in [0.1, 0.15) is 23.9 Å². The molecule has 0 aliphatic carbocycles. The zero-order chi connectivity index (χ0) is 14.4. The van der Waals surface area contributed by atoms with Gasteiger partial charge in [-0.1, -0.05) is 6.07 Å². The van der Waals surface area contributed by atoms with Crippen LogP contribution in [0.3, 0.4) is 0 Å². The Bertz CT molecular complexity index is 552. The summed E-state index contributed by atoms with van der Waals surface area (Å²) in [5.41, 5.74) is 1.08. The van der Waals surface area contributed by atoms with Gasteiger partial charge in [0.05, 0.1) is 18.2 Å². The first kappa shape index (κ1) is 14.7. The highest BCUT2D eigenvalue weighted by atomic mass is 79.9. The molecule has 0 bridgehead atoms. The van der Waals surface area contributed by atoms with Crippen LogP contribution in [0.15, 0.2) is 46.9 Å². The van der Waals surface area contributed by atoms with Crippen LogP contribution in [0.1, 0.15) is 12.5 Å². The zero-order valence-corrected chi connectivity index (χ0v) is 13.1. The predicted octanol–water partition coefficient (Wildman–Crippen LogP) is 4.44. The summed E-state index contributed by atoms with van der Waals surface area (Å²) in [5, 5.41) is 0. The molecule has 0 aromatic heterocycles. The van der Waals surface area contributed by atoms with Gasteiger partial charge in [0.25, 0.3) is 0 Å². The predicted molar refractivity (Wildman–Crippen MR) is 82.6 cm³/mol. The molecule has 2 aromatic rings. The van der Waals surface area contributed by atoms with Gasteiger partial charge in [0, 0.05) is 0 Å². The van der Waals surface area contributed by atoms with E-state index in [-0.39, 0.29) is 0 Å². The summed E-state index contributed by atoms with van der Waals surface area (Å²) in [4.78, 5) is 0. The molecule has 0 fully saturated rings. The van der Waals surface area contributed by atoms with Crippen molar-refractivity contribution in [2.45, 2.75) is 13.5 Å². The summed E-state index contributed by atoms with van der Waals surface area (Å²) in [6, 6.07) is 13.5. The molecule has 3 nitrogen and oxygen atoms in total. The van der Waals surface area contributed by atoms with Crippen molar-refractivity contribution < 1.29 is 14.2 Å². The van der Waals surface area contributed by atoms with Crippen LogP contribution in [-0.4, -0.2) is 13.7 Å². The first-order chi connectivity index (χ1) is 9.72. The van der Waals surface area contributed by atoms with Gasteiger partial charge >= 0.3 is 0 Å². The van der Waals surface area contributed by atoms with E-state index < -0.39 is 0 Å². The first-order valence-corrected chi connectivity index (χ1v) is 7.20. The number of benzene rings is 2. The van der Waals surface area contributed by atoms with Crippen LogP contribution in [-0.2, 0) is 6.61 Å². The molecule has 0 radical (unpaired) electrons. The molecule has 2 rings (SSSR count). The number of halogens is 1. The summed E-state index contributed by atoms with van der Waals surface area (Å²) in [5.74, 6) is 2.49. The summed E-state index contributed by atoms with van der Waals surface area (Å²) in [6.07, 6.45) is 0. The highest BCUT2D eigenvalue weighted by molar-refractivity contribution is 9.10. The minimum atomic E-state index is 0.510. The zero-order valence-electron chi connectivity index (χ0n) is 11.6. The van der Waals surface area contributed by atoms with E-state index in [1.54, 1.807) is 7.11 Å². The van der Waals surface area contributed by atoms with E-state index in [1.807, 2.05) is 49.4 Å². The SMILES string of the molecule is CCOc1ccc(OCc2ccc(OC)c(Br)c2)cc1. The van der Waals surface area contributed by atoms with Gasteiger partial charge in [0.2, 0.25) is 0 Å². The molecule has 0 N–H and O–H groups in total. The quantitative estimate of drug-likeness (QED) is 0.780. The number of methoxy groups -OCH3 is 1. The van der Waals surface area contributed by atoms with Crippen molar-refractivity contribution in [1.29, 1.82) is 0 Å². The topological polar surface area (TPSA) is 27.7 Å². The molecule has 0 saturated carbocycles. The van der Waals surface area contributed by atoms with E-state index >= 15 is 0 Å². The smallest absolute Gasteiger partial charge is 0.133 e. The van der Waals surface area contributed by atoms with Gasteiger partial charge in [-0.3, -0.25) is 0 Å². The van der Waals surface area contributed by atoms with Crippen LogP contribution in [0.5, 0.6) is 17.2 Å². The second kappa shape index (κ2) is 7.20. The maximum atomic E-state index is 5.74. The normalized spacial score (nSPS) is 10.2. The van der Waals surface area contributed by atoms with E-state index in [2.05, 4.69) is 15.9 Å². The van der Waals surface area contributed by atoms with Gasteiger partial charge in [-0.15, -0.1) is 0 Å². The molecule has 0 spiro atoms. The lowest BCUT2D eigenvalue weighted by Crippen LogP contribution is -1.96. The summed E-state index contributed by atoms with van der Waals surface area (Å²) in [6.45, 7) is 3.14. The van der Waals surface area contributed by atoms with Gasteiger partial charge < -0.3 is 14.2 Å². The van der Waals surface area contributed by atoms with Crippen LogP contribution in [0, 0.1) is 0 Å². The second-order valence-electron chi connectivity index (χ2n) is 4.16. The Morgan fingerprint density at radius 1 is 0.950 bits per heavy atom. The number of rotatable bonds is 6. The van der Waals surface area contributed by atoms with Crippen LogP contribution in [0.25, 0.3) is 0 Å². The molecular formula is C16H17BrO3. The summed E-state index contributed by atoms with van der Waals surface area (Å²) >= 11 is 3.46. The average Bonchev–Trinajstić information content (AvgIpc) is 2.47. The molecular weight excluding hydrogens is 320 g/mol. The van der Waals surface area contributed by atoms with E-state index in [0.717, 1.165) is 27.3 Å². The summed E-state index contributed by atoms with van der Waals surface area (Å²) < 4.78 is 17.2. The van der Waals surface area contributed by atoms with Gasteiger partial charge in [0.15, 0.2) is 0 Å². The molecule has 106 valence electrons. The fourth-order valence-electron chi connectivity index (χ4n) is 1.77. The lowest BCUT2D eigenvalue weighted by molar-refractivity contribution is 0.303. The maximum absolute atomic E-state index is 5.74. The van der Waals surface area contributed by atoms with Crippen molar-refractivity contribution in [1.82, 2.24) is 0 Å². The van der Waals surface area contributed by atoms with Crippen LogP contribution in [0.2, 0.25) is 0 Å². The number of ether oxygens (including phenoxy) is 3. The molecule has 0 heterocycles. The van der Waals surface area contributed by atoms with Crippen LogP contribution >= 0.6 is 15.9 Å². The highest BCUT2D eigenvalue weighted by Gasteiger charge is 2.02. The lowest BCUT2D eigenvalue weighted by Gasteiger charge is -2.09. The average molecular weight is 337 g/mol. The fraction of sp³-hybridized carbons (Fsp3) is 0.250. The Morgan fingerprint density at radius 2 is 1.60 bits per heavy atom. The standard InChI is InChI=1S/C16H17BrO3/c1-3-19-13-5-7-14(8-6-13)20-11-12-4-9-16(18-2)15(17)10-12/h4-10H,3,11H2,1-2H3. The third-order valence-electron chi connectivity index (χ3n) is 2.76. The largest absolute Gasteiger partial charge is 0.496 e. The Morgan fingerprint density at radius 3 is 2.15 bits per heavy atom. The monoisotopic (exact) mass is 336 g/mol. The Kier molecular flexibility index (Phi) is 5.30. The Labute approximate surface area is 127 Å². The fourth-order valence-corrected chi connectivity index (χ4v) is 2.35. The molecule has 0 saturated heterocycles. The van der Waals surface area contributed by atoms with Crippen molar-refractivity contribution in [2.75, 3.05) is 13.7 Å². The molecule has 0 aliphatic rings.